The molecule has 0 bridgehead atoms. The quantitative estimate of drug-likeness (QED) is 0.628. The maximum Gasteiger partial charge on any atom is 0.144 e. The van der Waals surface area contributed by atoms with Crippen molar-refractivity contribution in [3.05, 3.63) is 42.1 Å². The summed E-state index contributed by atoms with van der Waals surface area (Å²) in [4.78, 5) is 15.8. The fourth-order valence-electron chi connectivity index (χ4n) is 1.83. The molecule has 0 saturated heterocycles. The number of H-pyrrole nitrogens is 1. The van der Waals surface area contributed by atoms with Gasteiger partial charge in [-0.2, -0.15) is 0 Å². The third-order valence-electron chi connectivity index (χ3n) is 2.57. The lowest BCUT2D eigenvalue weighted by atomic mass is 10.1. The van der Waals surface area contributed by atoms with Crippen LogP contribution in [0.4, 0.5) is 0 Å². The maximum atomic E-state index is 10.6. The molecule has 2 rings (SSSR count). The standard InChI is InChI=1S/C13H14N2O/c1-15(2)13(7-8-16)11-9-14-12-6-4-3-5-10(11)12/h3-9,14H,1-2H3. The predicted octanol–water partition coefficient (Wildman–Crippen LogP) is 2.27. The minimum absolute atomic E-state index is 0.817. The number of nitrogens with zero attached hydrogens (tertiary/aromatic N) is 1. The average molecular weight is 214 g/mol. The van der Waals surface area contributed by atoms with E-state index in [2.05, 4.69) is 4.98 Å². The van der Waals surface area contributed by atoms with Crippen molar-refractivity contribution < 1.29 is 4.79 Å². The molecule has 0 fully saturated rings. The highest BCUT2D eigenvalue weighted by Gasteiger charge is 2.09. The van der Waals surface area contributed by atoms with Gasteiger partial charge in [0.1, 0.15) is 6.29 Å². The first-order valence-corrected chi connectivity index (χ1v) is 5.13. The molecule has 1 N–H and O–H groups in total. The fraction of sp³-hybridized carbons (Fsp3) is 0.154. The Balaban J connectivity index is 2.62. The Kier molecular flexibility index (Phi) is 2.77. The molecule has 82 valence electrons. The lowest BCUT2D eigenvalue weighted by Crippen LogP contribution is -2.09. The summed E-state index contributed by atoms with van der Waals surface area (Å²) in [6.45, 7) is 0. The van der Waals surface area contributed by atoms with Crippen LogP contribution in [0.15, 0.2) is 36.5 Å². The maximum absolute atomic E-state index is 10.6. The number of para-hydroxylation sites is 1. The summed E-state index contributed by atoms with van der Waals surface area (Å²) < 4.78 is 0. The molecule has 0 amide bonds. The molecule has 1 heterocycles. The van der Waals surface area contributed by atoms with Crippen LogP contribution in [0.5, 0.6) is 0 Å². The Hall–Kier alpha value is -2.03. The van der Waals surface area contributed by atoms with E-state index >= 15 is 0 Å². The van der Waals surface area contributed by atoms with Crippen molar-refractivity contribution in [2.45, 2.75) is 0 Å². The topological polar surface area (TPSA) is 36.1 Å². The van der Waals surface area contributed by atoms with Gasteiger partial charge in [-0.1, -0.05) is 18.2 Å². The molecule has 0 aliphatic rings. The van der Waals surface area contributed by atoms with Gasteiger partial charge in [-0.05, 0) is 6.07 Å². The highest BCUT2D eigenvalue weighted by molar-refractivity contribution is 5.94. The minimum Gasteiger partial charge on any atom is -0.377 e. The molecule has 0 spiro atoms. The van der Waals surface area contributed by atoms with Crippen molar-refractivity contribution in [3.8, 4) is 0 Å². The molecule has 3 nitrogen and oxygen atoms in total. The zero-order valence-corrected chi connectivity index (χ0v) is 9.40. The summed E-state index contributed by atoms with van der Waals surface area (Å²) >= 11 is 0. The van der Waals surface area contributed by atoms with Gasteiger partial charge < -0.3 is 9.88 Å². The van der Waals surface area contributed by atoms with Crippen molar-refractivity contribution in [2.75, 3.05) is 14.1 Å². The molecule has 1 aromatic carbocycles. The summed E-state index contributed by atoms with van der Waals surface area (Å²) in [6, 6.07) is 8.05. The number of nitrogens with one attached hydrogen (secondary N) is 1. The van der Waals surface area contributed by atoms with Crippen LogP contribution in [-0.2, 0) is 4.79 Å². The normalized spacial score (nSPS) is 11.8. The van der Waals surface area contributed by atoms with Gasteiger partial charge >= 0.3 is 0 Å². The summed E-state index contributed by atoms with van der Waals surface area (Å²) in [5.74, 6) is 0. The van der Waals surface area contributed by atoms with Gasteiger partial charge in [0.05, 0.1) is 0 Å². The number of carbonyl (C=O) groups excluding carboxylic acids is 1. The summed E-state index contributed by atoms with van der Waals surface area (Å²) in [6.07, 6.45) is 4.33. The molecule has 1 aromatic heterocycles. The van der Waals surface area contributed by atoms with Crippen LogP contribution in [0.3, 0.4) is 0 Å². The van der Waals surface area contributed by atoms with Crippen molar-refractivity contribution in [3.63, 3.8) is 0 Å². The van der Waals surface area contributed by atoms with E-state index < -0.39 is 0 Å². The Morgan fingerprint density at radius 2 is 2.06 bits per heavy atom. The molecular formula is C13H14N2O. The fourth-order valence-corrected chi connectivity index (χ4v) is 1.83. The van der Waals surface area contributed by atoms with Gasteiger partial charge in [0.15, 0.2) is 0 Å². The Labute approximate surface area is 94.4 Å². The number of allylic oxidation sites excluding steroid dienone is 1. The number of aldehydes is 1. The summed E-state index contributed by atoms with van der Waals surface area (Å²) in [5, 5.41) is 1.13. The zero-order valence-electron chi connectivity index (χ0n) is 9.40. The number of hydrogen-bond donors (Lipinski definition) is 1. The molecule has 0 radical (unpaired) electrons. The SMILES string of the molecule is CN(C)C(=CC=O)c1c[nH]c2ccccc12. The van der Waals surface area contributed by atoms with Gasteiger partial charge in [0.2, 0.25) is 0 Å². The predicted molar refractivity (Wildman–Crippen MR) is 66.0 cm³/mol. The Morgan fingerprint density at radius 1 is 1.31 bits per heavy atom. The Morgan fingerprint density at radius 3 is 2.75 bits per heavy atom. The zero-order chi connectivity index (χ0) is 11.5. The second-order valence-electron chi connectivity index (χ2n) is 3.83. The molecule has 3 heteroatoms. The van der Waals surface area contributed by atoms with E-state index in [0.717, 1.165) is 28.4 Å². The second kappa shape index (κ2) is 4.23. The Bertz CT molecular complexity index is 538. The van der Waals surface area contributed by atoms with Crippen molar-refractivity contribution in [1.82, 2.24) is 9.88 Å². The van der Waals surface area contributed by atoms with Crippen LogP contribution >= 0.6 is 0 Å². The van der Waals surface area contributed by atoms with Gasteiger partial charge in [-0.25, -0.2) is 0 Å². The van der Waals surface area contributed by atoms with Gasteiger partial charge in [0, 0.05) is 48.5 Å². The molecule has 2 aromatic rings. The van der Waals surface area contributed by atoms with Crippen LogP contribution < -0.4 is 0 Å². The molecule has 0 unspecified atom stereocenters. The molecule has 0 aliphatic heterocycles. The third-order valence-corrected chi connectivity index (χ3v) is 2.57. The summed E-state index contributed by atoms with van der Waals surface area (Å²) in [5.41, 5.74) is 3.04. The van der Waals surface area contributed by atoms with Crippen LogP contribution in [0, 0.1) is 0 Å². The molecule has 0 aliphatic carbocycles. The number of hydrogen-bond acceptors (Lipinski definition) is 2. The van der Waals surface area contributed by atoms with Crippen LogP contribution in [0.2, 0.25) is 0 Å². The first-order valence-electron chi connectivity index (χ1n) is 5.13. The average Bonchev–Trinajstić information content (AvgIpc) is 2.69. The van der Waals surface area contributed by atoms with Crippen molar-refractivity contribution in [2.24, 2.45) is 0 Å². The van der Waals surface area contributed by atoms with Crippen molar-refractivity contribution >= 4 is 22.9 Å². The largest absolute Gasteiger partial charge is 0.377 e. The van der Waals surface area contributed by atoms with Gasteiger partial charge in [-0.3, -0.25) is 4.79 Å². The van der Waals surface area contributed by atoms with Crippen LogP contribution in [0.25, 0.3) is 16.6 Å². The molecule has 16 heavy (non-hydrogen) atoms. The second-order valence-corrected chi connectivity index (χ2v) is 3.83. The number of fused-ring (bicyclic) bond motifs is 1. The van der Waals surface area contributed by atoms with E-state index in [9.17, 15) is 4.79 Å². The van der Waals surface area contributed by atoms with E-state index in [0.29, 0.717) is 0 Å². The number of aromatic nitrogens is 1. The lowest BCUT2D eigenvalue weighted by Gasteiger charge is -2.15. The number of aromatic amines is 1. The van der Waals surface area contributed by atoms with Crippen LogP contribution in [0.1, 0.15) is 5.56 Å². The van der Waals surface area contributed by atoms with E-state index in [4.69, 9.17) is 0 Å². The molecule has 0 saturated carbocycles. The van der Waals surface area contributed by atoms with E-state index in [1.165, 1.54) is 0 Å². The van der Waals surface area contributed by atoms with E-state index in [1.54, 1.807) is 6.08 Å². The number of carbonyl (C=O) groups is 1. The van der Waals surface area contributed by atoms with Crippen molar-refractivity contribution in [1.29, 1.82) is 0 Å². The smallest absolute Gasteiger partial charge is 0.144 e. The molecule has 0 atom stereocenters. The highest BCUT2D eigenvalue weighted by atomic mass is 16.1. The first kappa shape index (κ1) is 10.5. The number of rotatable bonds is 3. The van der Waals surface area contributed by atoms with Gasteiger partial charge in [-0.15, -0.1) is 0 Å². The van der Waals surface area contributed by atoms with Gasteiger partial charge in [0.25, 0.3) is 0 Å². The molecular weight excluding hydrogens is 200 g/mol. The third kappa shape index (κ3) is 1.72. The summed E-state index contributed by atoms with van der Waals surface area (Å²) in [7, 11) is 3.86. The van der Waals surface area contributed by atoms with E-state index in [-0.39, 0.29) is 0 Å². The van der Waals surface area contributed by atoms with Crippen LogP contribution in [-0.4, -0.2) is 30.3 Å². The highest BCUT2D eigenvalue weighted by Crippen LogP contribution is 2.25. The first-order chi connectivity index (χ1) is 7.74. The minimum atomic E-state index is 0.817. The lowest BCUT2D eigenvalue weighted by molar-refractivity contribution is -0.104. The number of benzene rings is 1. The van der Waals surface area contributed by atoms with E-state index in [1.807, 2.05) is 49.5 Å². The monoisotopic (exact) mass is 214 g/mol.